The molecule has 0 spiro atoms. The SMILES string of the molecule is Cc1ccc(OCc2nc(C(=O)OC(C)C(=O)Nc3cccc(F)c3)cs2)cc1. The second-order valence-electron chi connectivity index (χ2n) is 6.28. The van der Waals surface area contributed by atoms with Crippen LogP contribution in [-0.2, 0) is 16.1 Å². The van der Waals surface area contributed by atoms with Gasteiger partial charge < -0.3 is 14.8 Å². The quantitative estimate of drug-likeness (QED) is 0.582. The van der Waals surface area contributed by atoms with E-state index in [9.17, 15) is 14.0 Å². The highest BCUT2D eigenvalue weighted by Crippen LogP contribution is 2.17. The lowest BCUT2D eigenvalue weighted by molar-refractivity contribution is -0.123. The zero-order valence-electron chi connectivity index (χ0n) is 15.8. The topological polar surface area (TPSA) is 77.5 Å². The maximum absolute atomic E-state index is 13.2. The van der Waals surface area contributed by atoms with Gasteiger partial charge in [0.15, 0.2) is 11.8 Å². The van der Waals surface area contributed by atoms with Crippen molar-refractivity contribution >= 4 is 28.9 Å². The van der Waals surface area contributed by atoms with Crippen LogP contribution in [0.1, 0.15) is 28.0 Å². The lowest BCUT2D eigenvalue weighted by Crippen LogP contribution is -2.30. The van der Waals surface area contributed by atoms with Gasteiger partial charge in [0.2, 0.25) is 0 Å². The summed E-state index contributed by atoms with van der Waals surface area (Å²) >= 11 is 1.26. The van der Waals surface area contributed by atoms with Gasteiger partial charge in [-0.15, -0.1) is 11.3 Å². The van der Waals surface area contributed by atoms with Crippen LogP contribution in [-0.4, -0.2) is 23.0 Å². The van der Waals surface area contributed by atoms with Gasteiger partial charge in [-0.1, -0.05) is 23.8 Å². The van der Waals surface area contributed by atoms with Crippen molar-refractivity contribution in [2.75, 3.05) is 5.32 Å². The van der Waals surface area contributed by atoms with E-state index in [0.717, 1.165) is 5.56 Å². The van der Waals surface area contributed by atoms with Crippen LogP contribution in [0.3, 0.4) is 0 Å². The molecule has 8 heteroatoms. The first-order valence-corrected chi connectivity index (χ1v) is 9.70. The van der Waals surface area contributed by atoms with Crippen LogP contribution < -0.4 is 10.1 Å². The Bertz CT molecular complexity index is 1000. The Morgan fingerprint density at radius 3 is 2.69 bits per heavy atom. The molecule has 3 rings (SSSR count). The molecule has 1 N–H and O–H groups in total. The number of rotatable bonds is 7. The van der Waals surface area contributed by atoms with E-state index in [1.54, 1.807) is 5.38 Å². The first-order valence-electron chi connectivity index (χ1n) is 8.82. The van der Waals surface area contributed by atoms with Crippen molar-refractivity contribution in [1.29, 1.82) is 0 Å². The summed E-state index contributed by atoms with van der Waals surface area (Å²) in [6.45, 7) is 3.64. The molecule has 6 nitrogen and oxygen atoms in total. The summed E-state index contributed by atoms with van der Waals surface area (Å²) in [5.41, 5.74) is 1.51. The van der Waals surface area contributed by atoms with Crippen molar-refractivity contribution in [3.8, 4) is 5.75 Å². The van der Waals surface area contributed by atoms with Crippen molar-refractivity contribution < 1.29 is 23.5 Å². The molecule has 1 amide bonds. The van der Waals surface area contributed by atoms with E-state index in [2.05, 4.69) is 10.3 Å². The lowest BCUT2D eigenvalue weighted by Gasteiger charge is -2.12. The van der Waals surface area contributed by atoms with Gasteiger partial charge in [0.25, 0.3) is 5.91 Å². The predicted molar refractivity (Wildman–Crippen MR) is 108 cm³/mol. The summed E-state index contributed by atoms with van der Waals surface area (Å²) in [5, 5.41) is 4.65. The number of benzene rings is 2. The normalized spacial score (nSPS) is 11.6. The number of hydrogen-bond donors (Lipinski definition) is 1. The van der Waals surface area contributed by atoms with Crippen LogP contribution in [0.2, 0.25) is 0 Å². The monoisotopic (exact) mass is 414 g/mol. The number of carbonyl (C=O) groups is 2. The fourth-order valence-corrected chi connectivity index (χ4v) is 3.01. The van der Waals surface area contributed by atoms with E-state index in [0.29, 0.717) is 10.8 Å². The van der Waals surface area contributed by atoms with Gasteiger partial charge in [-0.25, -0.2) is 14.2 Å². The number of hydrogen-bond acceptors (Lipinski definition) is 6. The van der Waals surface area contributed by atoms with Crippen molar-refractivity contribution in [3.05, 3.63) is 76.0 Å². The maximum Gasteiger partial charge on any atom is 0.358 e. The molecule has 2 aromatic carbocycles. The van der Waals surface area contributed by atoms with Gasteiger partial charge in [-0.3, -0.25) is 4.79 Å². The molecule has 1 atom stereocenters. The second-order valence-corrected chi connectivity index (χ2v) is 7.22. The van der Waals surface area contributed by atoms with Crippen molar-refractivity contribution in [2.24, 2.45) is 0 Å². The van der Waals surface area contributed by atoms with E-state index in [1.165, 1.54) is 42.5 Å². The minimum absolute atomic E-state index is 0.0999. The summed E-state index contributed by atoms with van der Waals surface area (Å²) in [6.07, 6.45) is -1.07. The van der Waals surface area contributed by atoms with Crippen molar-refractivity contribution in [2.45, 2.75) is 26.6 Å². The Morgan fingerprint density at radius 1 is 1.21 bits per heavy atom. The Hall–Kier alpha value is -3.26. The summed E-state index contributed by atoms with van der Waals surface area (Å²) in [5.74, 6) is -1.06. The van der Waals surface area contributed by atoms with E-state index >= 15 is 0 Å². The van der Waals surface area contributed by atoms with Crippen LogP contribution in [0.5, 0.6) is 5.75 Å². The number of ether oxygens (including phenoxy) is 2. The van der Waals surface area contributed by atoms with E-state index in [4.69, 9.17) is 9.47 Å². The smallest absolute Gasteiger partial charge is 0.358 e. The number of halogens is 1. The minimum Gasteiger partial charge on any atom is -0.486 e. The molecule has 0 fully saturated rings. The van der Waals surface area contributed by atoms with Crippen molar-refractivity contribution in [1.82, 2.24) is 4.98 Å². The van der Waals surface area contributed by atoms with Gasteiger partial charge in [-0.2, -0.15) is 0 Å². The molecule has 0 bridgehead atoms. The fourth-order valence-electron chi connectivity index (χ4n) is 2.34. The third kappa shape index (κ3) is 5.86. The van der Waals surface area contributed by atoms with Crippen molar-refractivity contribution in [3.63, 3.8) is 0 Å². The van der Waals surface area contributed by atoms with Gasteiger partial charge in [-0.05, 0) is 44.2 Å². The average molecular weight is 414 g/mol. The Labute approximate surface area is 171 Å². The van der Waals surface area contributed by atoms with Gasteiger partial charge >= 0.3 is 5.97 Å². The summed E-state index contributed by atoms with van der Waals surface area (Å²) in [7, 11) is 0. The highest BCUT2D eigenvalue weighted by molar-refractivity contribution is 7.09. The van der Waals surface area contributed by atoms with Gasteiger partial charge in [0.1, 0.15) is 23.2 Å². The summed E-state index contributed by atoms with van der Waals surface area (Å²) in [6, 6.07) is 13.0. The molecule has 3 aromatic rings. The van der Waals surface area contributed by atoms with Crippen LogP contribution in [0.4, 0.5) is 10.1 Å². The molecule has 0 saturated carbocycles. The number of nitrogens with one attached hydrogen (secondary N) is 1. The molecular formula is C21H19FN2O4S. The van der Waals surface area contributed by atoms with Crippen LogP contribution in [0.15, 0.2) is 53.9 Å². The molecule has 1 aromatic heterocycles. The molecule has 0 saturated heterocycles. The van der Waals surface area contributed by atoms with E-state index in [1.807, 2.05) is 31.2 Å². The highest BCUT2D eigenvalue weighted by Gasteiger charge is 2.21. The second kappa shape index (κ2) is 9.29. The fraction of sp³-hybridized carbons (Fsp3) is 0.190. The number of nitrogens with zero attached hydrogens (tertiary/aromatic N) is 1. The number of anilines is 1. The lowest BCUT2D eigenvalue weighted by atomic mass is 10.2. The largest absolute Gasteiger partial charge is 0.486 e. The maximum atomic E-state index is 13.2. The van der Waals surface area contributed by atoms with Gasteiger partial charge in [0, 0.05) is 11.1 Å². The standard InChI is InChI=1S/C21H19FN2O4S/c1-13-6-8-17(9-7-13)27-11-19-24-18(12-29-19)21(26)28-14(2)20(25)23-16-5-3-4-15(22)10-16/h3-10,12,14H,11H2,1-2H3,(H,23,25). The van der Waals surface area contributed by atoms with Crippen LogP contribution >= 0.6 is 11.3 Å². The third-order valence-corrected chi connectivity index (χ3v) is 4.71. The Kier molecular flexibility index (Phi) is 6.56. The first-order chi connectivity index (χ1) is 13.9. The number of carbonyl (C=O) groups excluding carboxylic acids is 2. The molecule has 1 heterocycles. The van der Waals surface area contributed by atoms with Crippen LogP contribution in [0, 0.1) is 12.7 Å². The molecule has 150 valence electrons. The molecule has 1 unspecified atom stereocenters. The zero-order chi connectivity index (χ0) is 20.8. The third-order valence-electron chi connectivity index (χ3n) is 3.89. The average Bonchev–Trinajstić information content (AvgIpc) is 3.17. The molecule has 0 aliphatic rings. The minimum atomic E-state index is -1.07. The number of amides is 1. The molecule has 0 radical (unpaired) electrons. The number of aryl methyl sites for hydroxylation is 1. The summed E-state index contributed by atoms with van der Waals surface area (Å²) < 4.78 is 24.0. The molecular weight excluding hydrogens is 395 g/mol. The van der Waals surface area contributed by atoms with Crippen LogP contribution in [0.25, 0.3) is 0 Å². The first kappa shape index (κ1) is 20.5. The van der Waals surface area contributed by atoms with E-state index in [-0.39, 0.29) is 18.0 Å². The Balaban J connectivity index is 1.52. The predicted octanol–water partition coefficient (Wildman–Crippen LogP) is 4.35. The number of aromatic nitrogens is 1. The number of thiazole rings is 1. The van der Waals surface area contributed by atoms with E-state index < -0.39 is 23.8 Å². The molecule has 0 aliphatic heterocycles. The summed E-state index contributed by atoms with van der Waals surface area (Å²) in [4.78, 5) is 28.6. The zero-order valence-corrected chi connectivity index (χ0v) is 16.7. The molecule has 29 heavy (non-hydrogen) atoms. The Morgan fingerprint density at radius 2 is 1.97 bits per heavy atom. The van der Waals surface area contributed by atoms with Gasteiger partial charge in [0.05, 0.1) is 0 Å². The molecule has 0 aliphatic carbocycles. The highest BCUT2D eigenvalue weighted by atomic mass is 32.1. The number of esters is 1.